The first-order valence-corrected chi connectivity index (χ1v) is 12.1. The molecule has 2 amide bonds. The summed E-state index contributed by atoms with van der Waals surface area (Å²) < 4.78 is 0. The summed E-state index contributed by atoms with van der Waals surface area (Å²) in [5.74, 6) is 0.933. The fourth-order valence-corrected chi connectivity index (χ4v) is 4.73. The molecular weight excluding hydrogens is 414 g/mol. The normalized spacial score (nSPS) is 15.1. The van der Waals surface area contributed by atoms with Gasteiger partial charge in [-0.15, -0.1) is 0 Å². The van der Waals surface area contributed by atoms with Gasteiger partial charge in [-0.05, 0) is 52.2 Å². The minimum Gasteiger partial charge on any atom is -0.340 e. The maximum absolute atomic E-state index is 13.4. The Morgan fingerprint density at radius 1 is 1.06 bits per heavy atom. The van der Waals surface area contributed by atoms with Crippen LogP contribution in [0.15, 0.2) is 12.1 Å². The van der Waals surface area contributed by atoms with Crippen molar-refractivity contribution in [1.82, 2.24) is 15.3 Å². The van der Waals surface area contributed by atoms with Gasteiger partial charge in [-0.2, -0.15) is 4.98 Å². The zero-order valence-electron chi connectivity index (χ0n) is 21.1. The van der Waals surface area contributed by atoms with Crippen molar-refractivity contribution in [1.29, 1.82) is 0 Å². The third-order valence-corrected chi connectivity index (χ3v) is 6.24. The topological polar surface area (TPSA) is 78.4 Å². The van der Waals surface area contributed by atoms with E-state index in [2.05, 4.69) is 57.0 Å². The predicted octanol–water partition coefficient (Wildman–Crippen LogP) is 4.97. The molecule has 3 rings (SSSR count). The van der Waals surface area contributed by atoms with Gasteiger partial charge < -0.3 is 10.2 Å². The third-order valence-electron chi connectivity index (χ3n) is 6.24. The molecule has 2 aromatic rings. The van der Waals surface area contributed by atoms with Gasteiger partial charge in [0.25, 0.3) is 5.91 Å². The number of anilines is 3. The number of nitrogens with zero attached hydrogens (tertiary/aromatic N) is 4. The van der Waals surface area contributed by atoms with Gasteiger partial charge in [0.15, 0.2) is 0 Å². The molecule has 0 bridgehead atoms. The molecule has 2 heterocycles. The summed E-state index contributed by atoms with van der Waals surface area (Å²) in [6, 6.07) is 3.62. The molecule has 7 heteroatoms. The molecule has 1 unspecified atom stereocenters. The number of carbonyl (C=O) groups excluding carboxylic acids is 2. The van der Waals surface area contributed by atoms with E-state index >= 15 is 0 Å². The van der Waals surface area contributed by atoms with Crippen molar-refractivity contribution in [2.75, 3.05) is 22.9 Å². The van der Waals surface area contributed by atoms with Crippen molar-refractivity contribution in [2.24, 2.45) is 0 Å². The minimum atomic E-state index is -0.721. The lowest BCUT2D eigenvalue weighted by molar-refractivity contribution is -0.127. The Labute approximate surface area is 197 Å². The first kappa shape index (κ1) is 24.7. The van der Waals surface area contributed by atoms with E-state index in [4.69, 9.17) is 9.97 Å². The maximum Gasteiger partial charge on any atom is 0.255 e. The second kappa shape index (κ2) is 10.3. The van der Waals surface area contributed by atoms with E-state index in [1.165, 1.54) is 16.7 Å². The van der Waals surface area contributed by atoms with Crippen LogP contribution in [0.5, 0.6) is 0 Å². The third kappa shape index (κ3) is 4.87. The molecule has 178 valence electrons. The number of fused-ring (bicyclic) bond motifs is 1. The number of amides is 2. The largest absolute Gasteiger partial charge is 0.340 e. The highest BCUT2D eigenvalue weighted by Crippen LogP contribution is 2.39. The lowest BCUT2D eigenvalue weighted by Gasteiger charge is -2.27. The van der Waals surface area contributed by atoms with Crippen molar-refractivity contribution >= 4 is 29.3 Å². The van der Waals surface area contributed by atoms with Gasteiger partial charge in [-0.1, -0.05) is 44.4 Å². The van der Waals surface area contributed by atoms with E-state index in [0.29, 0.717) is 31.3 Å². The molecule has 1 aromatic heterocycles. The van der Waals surface area contributed by atoms with Crippen molar-refractivity contribution in [3.63, 3.8) is 0 Å². The molecule has 0 saturated carbocycles. The van der Waals surface area contributed by atoms with Crippen LogP contribution >= 0.6 is 0 Å². The molecule has 0 saturated heterocycles. The Hall–Kier alpha value is -2.96. The van der Waals surface area contributed by atoms with Gasteiger partial charge >= 0.3 is 0 Å². The van der Waals surface area contributed by atoms with Crippen LogP contribution in [0.4, 0.5) is 17.5 Å². The zero-order valence-corrected chi connectivity index (χ0v) is 21.1. The van der Waals surface area contributed by atoms with E-state index in [9.17, 15) is 9.59 Å². The second-order valence-corrected chi connectivity index (χ2v) is 8.89. The van der Waals surface area contributed by atoms with Crippen molar-refractivity contribution in [2.45, 2.75) is 80.2 Å². The predicted molar refractivity (Wildman–Crippen MR) is 133 cm³/mol. The van der Waals surface area contributed by atoms with Crippen LogP contribution < -0.4 is 15.1 Å². The van der Waals surface area contributed by atoms with Gasteiger partial charge in [0, 0.05) is 30.8 Å². The molecule has 1 atom stereocenters. The molecule has 1 N–H and O–H groups in total. The Morgan fingerprint density at radius 3 is 2.30 bits per heavy atom. The zero-order chi connectivity index (χ0) is 24.3. The van der Waals surface area contributed by atoms with Gasteiger partial charge in [0.1, 0.15) is 11.9 Å². The molecule has 1 aliphatic heterocycles. The quantitative estimate of drug-likeness (QED) is 0.545. The standard InChI is InChI=1S/C26H37N5O2/c1-8-11-12-13-31-24-21(22(25(31)33)28-20(32)9-2)19(7)27-26(29-24)30(10-3)23-17(5)14-16(4)15-18(23)6/h14-15,22H,8-13H2,1-7H3,(H,28,32). The van der Waals surface area contributed by atoms with Crippen LogP contribution in [0.2, 0.25) is 0 Å². The summed E-state index contributed by atoms with van der Waals surface area (Å²) in [6.07, 6.45) is 3.31. The molecule has 7 nitrogen and oxygen atoms in total. The highest BCUT2D eigenvalue weighted by molar-refractivity contribution is 6.05. The number of hydrogen-bond acceptors (Lipinski definition) is 5. The molecule has 0 aliphatic carbocycles. The highest BCUT2D eigenvalue weighted by atomic mass is 16.2. The van der Waals surface area contributed by atoms with E-state index in [0.717, 1.165) is 36.2 Å². The van der Waals surface area contributed by atoms with Gasteiger partial charge in [0.05, 0.1) is 5.69 Å². The van der Waals surface area contributed by atoms with E-state index < -0.39 is 6.04 Å². The average Bonchev–Trinajstić information content (AvgIpc) is 3.02. The molecular formula is C26H37N5O2. The number of nitrogens with one attached hydrogen (secondary N) is 1. The number of unbranched alkanes of at least 4 members (excludes halogenated alkanes) is 2. The van der Waals surface area contributed by atoms with Crippen molar-refractivity contribution < 1.29 is 9.59 Å². The SMILES string of the molecule is CCCCCN1C(=O)C(NC(=O)CC)c2c(C)nc(N(CC)c3c(C)cc(C)cc3C)nc21. The highest BCUT2D eigenvalue weighted by Gasteiger charge is 2.41. The lowest BCUT2D eigenvalue weighted by Crippen LogP contribution is -2.37. The van der Waals surface area contributed by atoms with Gasteiger partial charge in [0.2, 0.25) is 11.9 Å². The molecule has 1 aromatic carbocycles. The Bertz CT molecular complexity index is 1030. The molecule has 0 fully saturated rings. The second-order valence-electron chi connectivity index (χ2n) is 8.89. The Kier molecular flexibility index (Phi) is 7.72. The van der Waals surface area contributed by atoms with Crippen molar-refractivity contribution in [3.8, 4) is 0 Å². The Balaban J connectivity index is 2.11. The number of rotatable bonds is 9. The molecule has 1 aliphatic rings. The van der Waals surface area contributed by atoms with Crippen LogP contribution in [-0.4, -0.2) is 34.9 Å². The summed E-state index contributed by atoms with van der Waals surface area (Å²) in [6.45, 7) is 15.5. The molecule has 33 heavy (non-hydrogen) atoms. The van der Waals surface area contributed by atoms with Crippen molar-refractivity contribution in [3.05, 3.63) is 40.1 Å². The summed E-state index contributed by atoms with van der Waals surface area (Å²) in [5, 5.41) is 2.89. The number of carbonyl (C=O) groups is 2. The van der Waals surface area contributed by atoms with E-state index in [-0.39, 0.29) is 11.8 Å². The number of benzene rings is 1. The summed E-state index contributed by atoms with van der Waals surface area (Å²) in [5.41, 5.74) is 6.09. The number of hydrogen-bond donors (Lipinski definition) is 1. The fourth-order valence-electron chi connectivity index (χ4n) is 4.73. The molecule has 0 radical (unpaired) electrons. The summed E-state index contributed by atoms with van der Waals surface area (Å²) in [7, 11) is 0. The number of aryl methyl sites for hydroxylation is 4. The smallest absolute Gasteiger partial charge is 0.255 e. The molecule has 0 spiro atoms. The maximum atomic E-state index is 13.4. The average molecular weight is 452 g/mol. The van der Waals surface area contributed by atoms with Gasteiger partial charge in [-0.3, -0.25) is 14.5 Å². The van der Waals surface area contributed by atoms with Crippen LogP contribution in [0.25, 0.3) is 0 Å². The first-order chi connectivity index (χ1) is 15.7. The van der Waals surface area contributed by atoms with Crippen LogP contribution in [0.3, 0.4) is 0 Å². The fraction of sp³-hybridized carbons (Fsp3) is 0.538. The lowest BCUT2D eigenvalue weighted by atomic mass is 10.0. The summed E-state index contributed by atoms with van der Waals surface area (Å²) >= 11 is 0. The number of aromatic nitrogens is 2. The monoisotopic (exact) mass is 451 g/mol. The minimum absolute atomic E-state index is 0.122. The Morgan fingerprint density at radius 2 is 1.73 bits per heavy atom. The van der Waals surface area contributed by atoms with Gasteiger partial charge in [-0.25, -0.2) is 4.98 Å². The van der Waals surface area contributed by atoms with E-state index in [1.807, 2.05) is 6.92 Å². The summed E-state index contributed by atoms with van der Waals surface area (Å²) in [4.78, 5) is 39.2. The van der Waals surface area contributed by atoms with E-state index in [1.54, 1.807) is 11.8 Å². The van der Waals surface area contributed by atoms with Crippen LogP contribution in [0.1, 0.15) is 80.4 Å². The van der Waals surface area contributed by atoms with Crippen LogP contribution in [0, 0.1) is 27.7 Å². The van der Waals surface area contributed by atoms with Crippen LogP contribution in [-0.2, 0) is 9.59 Å². The first-order valence-electron chi connectivity index (χ1n) is 12.1.